The van der Waals surface area contributed by atoms with Crippen molar-refractivity contribution in [2.45, 2.75) is 20.0 Å². The summed E-state index contributed by atoms with van der Waals surface area (Å²) in [5, 5.41) is 10.0. The number of esters is 1. The number of carbonyl (C=O) groups is 1. The topological polar surface area (TPSA) is 46.5 Å². The van der Waals surface area contributed by atoms with E-state index < -0.39 is 12.1 Å². The van der Waals surface area contributed by atoms with Gasteiger partial charge in [0.2, 0.25) is 0 Å². The van der Waals surface area contributed by atoms with E-state index in [0.717, 1.165) is 0 Å². The Labute approximate surface area is 95.4 Å². The average Bonchev–Trinajstić information content (AvgIpc) is 2.31. The number of allylic oxidation sites excluding steroid dienone is 1. The Kier molecular flexibility index (Phi) is 4.73. The third-order valence-electron chi connectivity index (χ3n) is 2.23. The predicted octanol–water partition coefficient (Wildman–Crippen LogP) is 2.23. The molecule has 3 heteroatoms. The lowest BCUT2D eigenvalue weighted by molar-refractivity contribution is -0.139. The van der Waals surface area contributed by atoms with Gasteiger partial charge in [-0.25, -0.2) is 4.79 Å². The van der Waals surface area contributed by atoms with E-state index in [-0.39, 0.29) is 5.57 Å². The smallest absolute Gasteiger partial charge is 0.336 e. The SMILES string of the molecule is C/C=C(\C(=O)OCC)[C@H](O)c1ccccc1. The first-order chi connectivity index (χ1) is 7.70. The summed E-state index contributed by atoms with van der Waals surface area (Å²) in [7, 11) is 0. The molecule has 0 saturated carbocycles. The molecule has 0 saturated heterocycles. The molecule has 1 aromatic rings. The zero-order valence-electron chi connectivity index (χ0n) is 9.51. The maximum absolute atomic E-state index is 11.5. The van der Waals surface area contributed by atoms with Gasteiger partial charge in [0.15, 0.2) is 0 Å². The van der Waals surface area contributed by atoms with Gasteiger partial charge in [-0.2, -0.15) is 0 Å². The van der Waals surface area contributed by atoms with Gasteiger partial charge in [0, 0.05) is 0 Å². The molecule has 0 heterocycles. The van der Waals surface area contributed by atoms with Gasteiger partial charge in [-0.05, 0) is 19.4 Å². The van der Waals surface area contributed by atoms with E-state index in [1.54, 1.807) is 32.1 Å². The predicted molar refractivity (Wildman–Crippen MR) is 61.8 cm³/mol. The second-order valence-corrected chi connectivity index (χ2v) is 3.28. The standard InChI is InChI=1S/C13H16O3/c1-3-11(13(15)16-4-2)12(14)10-8-6-5-7-9-10/h3,5-9,12,14H,4H2,1-2H3/b11-3-/t12-/m1/s1. The fraction of sp³-hybridized carbons (Fsp3) is 0.308. The molecule has 86 valence electrons. The molecular formula is C13H16O3. The molecule has 3 nitrogen and oxygen atoms in total. The van der Waals surface area contributed by atoms with Crippen LogP contribution in [0.25, 0.3) is 0 Å². The zero-order chi connectivity index (χ0) is 12.0. The van der Waals surface area contributed by atoms with Crippen molar-refractivity contribution in [3.8, 4) is 0 Å². The number of aliphatic hydroxyl groups excluding tert-OH is 1. The van der Waals surface area contributed by atoms with Crippen LogP contribution in [-0.2, 0) is 9.53 Å². The first-order valence-electron chi connectivity index (χ1n) is 5.27. The minimum absolute atomic E-state index is 0.271. The van der Waals surface area contributed by atoms with Crippen LogP contribution in [0, 0.1) is 0 Å². The van der Waals surface area contributed by atoms with Crippen molar-refractivity contribution in [1.82, 2.24) is 0 Å². The molecule has 0 aliphatic rings. The largest absolute Gasteiger partial charge is 0.463 e. The van der Waals surface area contributed by atoms with Crippen molar-refractivity contribution < 1.29 is 14.6 Å². The Morgan fingerprint density at radius 1 is 1.44 bits per heavy atom. The molecule has 0 spiro atoms. The Balaban J connectivity index is 2.87. The Hall–Kier alpha value is -1.61. The van der Waals surface area contributed by atoms with Gasteiger partial charge in [-0.3, -0.25) is 0 Å². The highest BCUT2D eigenvalue weighted by Gasteiger charge is 2.20. The number of ether oxygens (including phenoxy) is 1. The van der Waals surface area contributed by atoms with Crippen molar-refractivity contribution in [3.63, 3.8) is 0 Å². The van der Waals surface area contributed by atoms with Crippen molar-refractivity contribution in [2.75, 3.05) is 6.61 Å². The minimum atomic E-state index is -0.926. The number of aliphatic hydroxyl groups is 1. The van der Waals surface area contributed by atoms with Crippen molar-refractivity contribution in [3.05, 3.63) is 47.5 Å². The van der Waals surface area contributed by atoms with Gasteiger partial charge in [-0.15, -0.1) is 0 Å². The van der Waals surface area contributed by atoms with Gasteiger partial charge < -0.3 is 9.84 Å². The lowest BCUT2D eigenvalue weighted by Gasteiger charge is -2.13. The molecular weight excluding hydrogens is 204 g/mol. The van der Waals surface area contributed by atoms with E-state index in [0.29, 0.717) is 12.2 Å². The van der Waals surface area contributed by atoms with Gasteiger partial charge >= 0.3 is 5.97 Å². The monoisotopic (exact) mass is 220 g/mol. The maximum atomic E-state index is 11.5. The molecule has 0 bridgehead atoms. The maximum Gasteiger partial charge on any atom is 0.336 e. The van der Waals surface area contributed by atoms with Crippen molar-refractivity contribution in [2.24, 2.45) is 0 Å². The van der Waals surface area contributed by atoms with Crippen LogP contribution in [0.4, 0.5) is 0 Å². The first-order valence-corrected chi connectivity index (χ1v) is 5.27. The fourth-order valence-corrected chi connectivity index (χ4v) is 1.42. The summed E-state index contributed by atoms with van der Waals surface area (Å²) in [6.45, 7) is 3.75. The van der Waals surface area contributed by atoms with E-state index in [1.165, 1.54) is 0 Å². The number of carbonyl (C=O) groups excluding carboxylic acids is 1. The van der Waals surface area contributed by atoms with Crippen LogP contribution in [0.2, 0.25) is 0 Å². The molecule has 0 aliphatic carbocycles. The van der Waals surface area contributed by atoms with Crippen LogP contribution in [0.15, 0.2) is 42.0 Å². The molecule has 0 radical (unpaired) electrons. The highest BCUT2D eigenvalue weighted by atomic mass is 16.5. The zero-order valence-corrected chi connectivity index (χ0v) is 9.51. The number of hydrogen-bond acceptors (Lipinski definition) is 3. The molecule has 0 aromatic heterocycles. The van der Waals surface area contributed by atoms with Crippen LogP contribution in [0.5, 0.6) is 0 Å². The third kappa shape index (κ3) is 2.94. The molecule has 1 rings (SSSR count). The van der Waals surface area contributed by atoms with Crippen LogP contribution in [-0.4, -0.2) is 17.7 Å². The summed E-state index contributed by atoms with van der Waals surface area (Å²) in [4.78, 5) is 11.5. The lowest BCUT2D eigenvalue weighted by atomic mass is 10.0. The second-order valence-electron chi connectivity index (χ2n) is 3.28. The molecule has 0 aliphatic heterocycles. The normalized spacial score (nSPS) is 13.3. The summed E-state index contributed by atoms with van der Waals surface area (Å²) in [5.74, 6) is -0.471. The second kappa shape index (κ2) is 6.08. The molecule has 0 unspecified atom stereocenters. The Morgan fingerprint density at radius 2 is 2.06 bits per heavy atom. The lowest BCUT2D eigenvalue weighted by Crippen LogP contribution is -2.14. The van der Waals surface area contributed by atoms with Gasteiger partial charge in [0.1, 0.15) is 6.10 Å². The Morgan fingerprint density at radius 3 is 2.56 bits per heavy atom. The highest BCUT2D eigenvalue weighted by Crippen LogP contribution is 2.22. The summed E-state index contributed by atoms with van der Waals surface area (Å²) < 4.78 is 4.87. The molecule has 1 aromatic carbocycles. The third-order valence-corrected chi connectivity index (χ3v) is 2.23. The van der Waals surface area contributed by atoms with E-state index >= 15 is 0 Å². The van der Waals surface area contributed by atoms with Crippen LogP contribution >= 0.6 is 0 Å². The summed E-state index contributed by atoms with van der Waals surface area (Å²) in [6, 6.07) is 9.03. The van der Waals surface area contributed by atoms with E-state index in [2.05, 4.69) is 0 Å². The van der Waals surface area contributed by atoms with Crippen LogP contribution < -0.4 is 0 Å². The summed E-state index contributed by atoms with van der Waals surface area (Å²) >= 11 is 0. The van der Waals surface area contributed by atoms with E-state index in [1.807, 2.05) is 18.2 Å². The van der Waals surface area contributed by atoms with Gasteiger partial charge in [0.05, 0.1) is 12.2 Å². The highest BCUT2D eigenvalue weighted by molar-refractivity contribution is 5.89. The van der Waals surface area contributed by atoms with Gasteiger partial charge in [0.25, 0.3) is 0 Å². The molecule has 1 N–H and O–H groups in total. The fourth-order valence-electron chi connectivity index (χ4n) is 1.42. The number of hydrogen-bond donors (Lipinski definition) is 1. The number of rotatable bonds is 4. The van der Waals surface area contributed by atoms with E-state index in [9.17, 15) is 9.90 Å². The molecule has 0 amide bonds. The number of benzene rings is 1. The molecule has 1 atom stereocenters. The minimum Gasteiger partial charge on any atom is -0.463 e. The first kappa shape index (κ1) is 12.5. The quantitative estimate of drug-likeness (QED) is 0.625. The van der Waals surface area contributed by atoms with Crippen LogP contribution in [0.1, 0.15) is 25.5 Å². The molecule has 16 heavy (non-hydrogen) atoms. The van der Waals surface area contributed by atoms with Gasteiger partial charge in [-0.1, -0.05) is 36.4 Å². The van der Waals surface area contributed by atoms with E-state index in [4.69, 9.17) is 4.74 Å². The van der Waals surface area contributed by atoms with Crippen molar-refractivity contribution in [1.29, 1.82) is 0 Å². The average molecular weight is 220 g/mol. The summed E-state index contributed by atoms with van der Waals surface area (Å²) in [5.41, 5.74) is 0.955. The summed E-state index contributed by atoms with van der Waals surface area (Å²) in [6.07, 6.45) is 0.653. The molecule has 0 fully saturated rings. The Bertz CT molecular complexity index is 368. The van der Waals surface area contributed by atoms with Crippen LogP contribution in [0.3, 0.4) is 0 Å². The van der Waals surface area contributed by atoms with Crippen molar-refractivity contribution >= 4 is 5.97 Å².